The molecule has 0 aromatic heterocycles. The number of rotatable bonds is 7. The minimum absolute atomic E-state index is 0. The Morgan fingerprint density at radius 1 is 1.29 bits per heavy atom. The lowest BCUT2D eigenvalue weighted by Crippen LogP contribution is -2.51. The maximum absolute atomic E-state index is 12.9. The fourth-order valence-corrected chi connectivity index (χ4v) is 4.12. The van der Waals surface area contributed by atoms with Crippen LogP contribution >= 0.6 is 12.4 Å². The molecule has 2 aliphatic heterocycles. The molecule has 0 aliphatic carbocycles. The smallest absolute Gasteiger partial charge is 0.242 e. The zero-order valence-corrected chi connectivity index (χ0v) is 17.6. The summed E-state index contributed by atoms with van der Waals surface area (Å²) in [5.41, 5.74) is 2.23. The molecule has 28 heavy (non-hydrogen) atoms. The van der Waals surface area contributed by atoms with Gasteiger partial charge < -0.3 is 20.3 Å². The van der Waals surface area contributed by atoms with E-state index in [4.69, 9.17) is 4.74 Å². The monoisotopic (exact) mass is 409 g/mol. The fraction of sp³-hybridized carbons (Fsp3) is 0.619. The van der Waals surface area contributed by atoms with Crippen LogP contribution in [0, 0.1) is 12.3 Å². The normalized spacial score (nSPS) is 21.3. The SMILES string of the molecule is COCC1(CNC(=O)C2CCC(=O)N2Cc2ccc(C)cc2)CCNCC1.Cl. The summed E-state index contributed by atoms with van der Waals surface area (Å²) in [4.78, 5) is 27.0. The number of carbonyl (C=O) groups is 2. The Labute approximate surface area is 173 Å². The van der Waals surface area contributed by atoms with E-state index in [1.807, 2.05) is 31.2 Å². The van der Waals surface area contributed by atoms with Crippen LogP contribution in [0.5, 0.6) is 0 Å². The number of nitrogens with zero attached hydrogens (tertiary/aromatic N) is 1. The third-order valence-corrected chi connectivity index (χ3v) is 5.86. The lowest BCUT2D eigenvalue weighted by molar-refractivity contribution is -0.136. The first-order chi connectivity index (χ1) is 13.0. The van der Waals surface area contributed by atoms with Gasteiger partial charge in [-0.25, -0.2) is 0 Å². The van der Waals surface area contributed by atoms with Gasteiger partial charge in [-0.05, 0) is 44.8 Å². The van der Waals surface area contributed by atoms with Crippen molar-refractivity contribution in [2.24, 2.45) is 5.41 Å². The van der Waals surface area contributed by atoms with Gasteiger partial charge in [0.25, 0.3) is 0 Å². The highest BCUT2D eigenvalue weighted by molar-refractivity contribution is 5.90. The Morgan fingerprint density at radius 2 is 1.96 bits per heavy atom. The summed E-state index contributed by atoms with van der Waals surface area (Å²) < 4.78 is 5.43. The molecule has 7 heteroatoms. The van der Waals surface area contributed by atoms with E-state index in [9.17, 15) is 9.59 Å². The third kappa shape index (κ3) is 5.46. The number of ether oxygens (including phenoxy) is 1. The van der Waals surface area contributed by atoms with E-state index < -0.39 is 0 Å². The van der Waals surface area contributed by atoms with Gasteiger partial charge in [0.1, 0.15) is 6.04 Å². The van der Waals surface area contributed by atoms with Crippen LogP contribution < -0.4 is 10.6 Å². The van der Waals surface area contributed by atoms with Crippen molar-refractivity contribution in [1.29, 1.82) is 0 Å². The van der Waals surface area contributed by atoms with Crippen LogP contribution in [0.25, 0.3) is 0 Å². The summed E-state index contributed by atoms with van der Waals surface area (Å²) in [5, 5.41) is 6.49. The number of likely N-dealkylation sites (tertiary alicyclic amines) is 1. The molecule has 1 atom stereocenters. The Morgan fingerprint density at radius 3 is 2.61 bits per heavy atom. The first-order valence-electron chi connectivity index (χ1n) is 9.85. The molecular formula is C21H32ClN3O3. The number of halogens is 1. The fourth-order valence-electron chi connectivity index (χ4n) is 4.12. The van der Waals surface area contributed by atoms with E-state index in [1.54, 1.807) is 12.0 Å². The van der Waals surface area contributed by atoms with Gasteiger partial charge in [-0.15, -0.1) is 12.4 Å². The lowest BCUT2D eigenvalue weighted by atomic mass is 9.79. The standard InChI is InChI=1S/C21H31N3O3.ClH/c1-16-3-5-17(6-4-16)13-24-18(7-8-19(24)25)20(26)23-14-21(15-27-2)9-11-22-12-10-21;/h3-6,18,22H,7-15H2,1-2H3,(H,23,26);1H. The van der Waals surface area contributed by atoms with E-state index in [-0.39, 0.29) is 35.7 Å². The topological polar surface area (TPSA) is 70.7 Å². The molecule has 0 radical (unpaired) electrons. The molecule has 2 fully saturated rings. The van der Waals surface area contributed by atoms with E-state index in [0.717, 1.165) is 31.5 Å². The Balaban J connectivity index is 0.00000280. The Kier molecular flexibility index (Phi) is 8.28. The minimum atomic E-state index is -0.375. The molecule has 0 spiro atoms. The molecule has 2 saturated heterocycles. The first-order valence-corrected chi connectivity index (χ1v) is 9.85. The van der Waals surface area contributed by atoms with Crippen LogP contribution in [0.1, 0.15) is 36.8 Å². The predicted octanol–water partition coefficient (Wildman–Crippen LogP) is 2.04. The van der Waals surface area contributed by atoms with Crippen LogP contribution in [-0.4, -0.2) is 56.1 Å². The van der Waals surface area contributed by atoms with Crippen molar-refractivity contribution in [2.45, 2.75) is 45.2 Å². The number of hydrogen-bond acceptors (Lipinski definition) is 4. The number of methoxy groups -OCH3 is 1. The molecule has 0 saturated carbocycles. The molecule has 2 N–H and O–H groups in total. The molecule has 1 aromatic carbocycles. The molecule has 2 amide bonds. The number of piperidine rings is 1. The van der Waals surface area contributed by atoms with E-state index in [2.05, 4.69) is 10.6 Å². The largest absolute Gasteiger partial charge is 0.384 e. The van der Waals surface area contributed by atoms with Gasteiger partial charge in [0.2, 0.25) is 11.8 Å². The minimum Gasteiger partial charge on any atom is -0.384 e. The molecule has 3 rings (SSSR count). The second kappa shape index (κ2) is 10.2. The van der Waals surface area contributed by atoms with Crippen LogP contribution in [0.15, 0.2) is 24.3 Å². The number of benzene rings is 1. The first kappa shape index (κ1) is 22.7. The average molecular weight is 410 g/mol. The summed E-state index contributed by atoms with van der Waals surface area (Å²) in [6.07, 6.45) is 3.00. The average Bonchev–Trinajstić information content (AvgIpc) is 3.03. The summed E-state index contributed by atoms with van der Waals surface area (Å²) in [6, 6.07) is 7.75. The van der Waals surface area contributed by atoms with Crippen molar-refractivity contribution in [3.63, 3.8) is 0 Å². The molecule has 2 aliphatic rings. The molecule has 0 bridgehead atoms. The van der Waals surface area contributed by atoms with Crippen LogP contribution in [0.3, 0.4) is 0 Å². The molecule has 2 heterocycles. The van der Waals surface area contributed by atoms with E-state index in [0.29, 0.717) is 32.5 Å². The highest BCUT2D eigenvalue weighted by Gasteiger charge is 2.38. The molecule has 6 nitrogen and oxygen atoms in total. The zero-order chi connectivity index (χ0) is 19.3. The van der Waals surface area contributed by atoms with Crippen LogP contribution in [0.4, 0.5) is 0 Å². The maximum atomic E-state index is 12.9. The highest BCUT2D eigenvalue weighted by atomic mass is 35.5. The van der Waals surface area contributed by atoms with Crippen molar-refractivity contribution in [3.05, 3.63) is 35.4 Å². The second-order valence-electron chi connectivity index (χ2n) is 7.96. The number of carbonyl (C=O) groups excluding carboxylic acids is 2. The number of nitrogens with one attached hydrogen (secondary N) is 2. The summed E-state index contributed by atoms with van der Waals surface area (Å²) in [5.74, 6) is 0.0196. The summed E-state index contributed by atoms with van der Waals surface area (Å²) in [6.45, 7) is 5.67. The van der Waals surface area contributed by atoms with Gasteiger partial charge in [0.05, 0.1) is 6.61 Å². The van der Waals surface area contributed by atoms with Crippen molar-refractivity contribution < 1.29 is 14.3 Å². The van der Waals surface area contributed by atoms with Gasteiger partial charge in [-0.3, -0.25) is 9.59 Å². The van der Waals surface area contributed by atoms with Crippen molar-refractivity contribution in [1.82, 2.24) is 15.5 Å². The highest BCUT2D eigenvalue weighted by Crippen LogP contribution is 2.29. The van der Waals surface area contributed by atoms with E-state index in [1.165, 1.54) is 5.56 Å². The number of hydrogen-bond donors (Lipinski definition) is 2. The number of amides is 2. The predicted molar refractivity (Wildman–Crippen MR) is 111 cm³/mol. The van der Waals surface area contributed by atoms with Crippen LogP contribution in [-0.2, 0) is 20.9 Å². The van der Waals surface area contributed by atoms with Gasteiger partial charge in [0.15, 0.2) is 0 Å². The second-order valence-corrected chi connectivity index (χ2v) is 7.96. The lowest BCUT2D eigenvalue weighted by Gasteiger charge is -2.37. The van der Waals surface area contributed by atoms with E-state index >= 15 is 0 Å². The Hall–Kier alpha value is -1.63. The molecular weight excluding hydrogens is 378 g/mol. The van der Waals surface area contributed by atoms with Crippen molar-refractivity contribution >= 4 is 24.2 Å². The third-order valence-electron chi connectivity index (χ3n) is 5.86. The molecule has 1 unspecified atom stereocenters. The maximum Gasteiger partial charge on any atom is 0.242 e. The van der Waals surface area contributed by atoms with Gasteiger partial charge in [0, 0.05) is 32.0 Å². The van der Waals surface area contributed by atoms with Gasteiger partial charge in [-0.2, -0.15) is 0 Å². The van der Waals surface area contributed by atoms with Gasteiger partial charge in [-0.1, -0.05) is 29.8 Å². The zero-order valence-electron chi connectivity index (χ0n) is 16.8. The van der Waals surface area contributed by atoms with Gasteiger partial charge >= 0.3 is 0 Å². The van der Waals surface area contributed by atoms with Crippen molar-refractivity contribution in [2.75, 3.05) is 33.4 Å². The summed E-state index contributed by atoms with van der Waals surface area (Å²) >= 11 is 0. The number of aryl methyl sites for hydroxylation is 1. The molecule has 156 valence electrons. The Bertz CT molecular complexity index is 654. The molecule has 1 aromatic rings. The van der Waals surface area contributed by atoms with Crippen LogP contribution in [0.2, 0.25) is 0 Å². The quantitative estimate of drug-likeness (QED) is 0.723. The van der Waals surface area contributed by atoms with Crippen molar-refractivity contribution in [3.8, 4) is 0 Å². The summed E-state index contributed by atoms with van der Waals surface area (Å²) in [7, 11) is 1.71.